The monoisotopic (exact) mass is 265 g/mol. The minimum atomic E-state index is -3.69. The SMILES string of the molecule is O=S(=O)(Nc1cncnc1)c1cccc(CO)c1. The topological polar surface area (TPSA) is 92.2 Å². The van der Waals surface area contributed by atoms with Crippen LogP contribution in [0.4, 0.5) is 5.69 Å². The van der Waals surface area contributed by atoms with E-state index in [-0.39, 0.29) is 17.2 Å². The molecule has 2 rings (SSSR count). The number of nitrogens with one attached hydrogen (secondary N) is 1. The zero-order valence-corrected chi connectivity index (χ0v) is 10.1. The first-order valence-corrected chi connectivity index (χ1v) is 6.58. The Morgan fingerprint density at radius 1 is 1.22 bits per heavy atom. The Hall–Kier alpha value is -1.99. The smallest absolute Gasteiger partial charge is 0.262 e. The van der Waals surface area contributed by atoms with Crippen molar-refractivity contribution in [2.45, 2.75) is 11.5 Å². The highest BCUT2D eigenvalue weighted by Gasteiger charge is 2.14. The van der Waals surface area contributed by atoms with Gasteiger partial charge < -0.3 is 5.11 Å². The summed E-state index contributed by atoms with van der Waals surface area (Å²) in [5, 5.41) is 8.98. The Labute approximate surface area is 104 Å². The first-order chi connectivity index (χ1) is 8.62. The van der Waals surface area contributed by atoms with Crippen LogP contribution in [0.3, 0.4) is 0 Å². The van der Waals surface area contributed by atoms with Crippen molar-refractivity contribution < 1.29 is 13.5 Å². The minimum absolute atomic E-state index is 0.0814. The van der Waals surface area contributed by atoms with Crippen LogP contribution in [0, 0.1) is 0 Å². The second-order valence-electron chi connectivity index (χ2n) is 3.54. The fourth-order valence-electron chi connectivity index (χ4n) is 1.38. The molecular formula is C11H11N3O3S. The molecule has 1 aromatic heterocycles. The molecule has 2 N–H and O–H groups in total. The van der Waals surface area contributed by atoms with Crippen LogP contribution >= 0.6 is 0 Å². The van der Waals surface area contributed by atoms with Crippen molar-refractivity contribution in [3.63, 3.8) is 0 Å². The maximum atomic E-state index is 12.0. The summed E-state index contributed by atoms with van der Waals surface area (Å²) < 4.78 is 26.4. The number of aliphatic hydroxyl groups is 1. The van der Waals surface area contributed by atoms with Gasteiger partial charge in [-0.3, -0.25) is 4.72 Å². The van der Waals surface area contributed by atoms with Gasteiger partial charge in [0.25, 0.3) is 10.0 Å². The Bertz CT molecular complexity index is 629. The van der Waals surface area contributed by atoms with Gasteiger partial charge in [0.1, 0.15) is 6.33 Å². The summed E-state index contributed by atoms with van der Waals surface area (Å²) in [5.41, 5.74) is 0.814. The molecule has 18 heavy (non-hydrogen) atoms. The fourth-order valence-corrected chi connectivity index (χ4v) is 2.47. The van der Waals surface area contributed by atoms with E-state index < -0.39 is 10.0 Å². The zero-order chi connectivity index (χ0) is 13.0. The minimum Gasteiger partial charge on any atom is -0.392 e. The third-order valence-electron chi connectivity index (χ3n) is 2.20. The molecule has 0 unspecified atom stereocenters. The molecule has 0 aliphatic heterocycles. The fraction of sp³-hybridized carbons (Fsp3) is 0.0909. The van der Waals surface area contributed by atoms with E-state index in [9.17, 15) is 8.42 Å². The number of aliphatic hydroxyl groups excluding tert-OH is 1. The molecule has 0 bridgehead atoms. The van der Waals surface area contributed by atoms with E-state index in [0.29, 0.717) is 5.56 Å². The summed E-state index contributed by atoms with van der Waals surface area (Å²) in [6, 6.07) is 6.07. The highest BCUT2D eigenvalue weighted by Crippen LogP contribution is 2.15. The second-order valence-corrected chi connectivity index (χ2v) is 5.22. The van der Waals surface area contributed by atoms with Gasteiger partial charge in [0.2, 0.25) is 0 Å². The predicted octanol–water partition coefficient (Wildman–Crippen LogP) is 0.770. The molecule has 0 saturated carbocycles. The summed E-state index contributed by atoms with van der Waals surface area (Å²) in [4.78, 5) is 7.52. The van der Waals surface area contributed by atoms with E-state index >= 15 is 0 Å². The van der Waals surface area contributed by atoms with Crippen molar-refractivity contribution in [2.24, 2.45) is 0 Å². The van der Waals surface area contributed by atoms with E-state index in [1.54, 1.807) is 12.1 Å². The first-order valence-electron chi connectivity index (χ1n) is 5.09. The molecule has 1 heterocycles. The standard InChI is InChI=1S/C11H11N3O3S/c15-7-9-2-1-3-11(4-9)18(16,17)14-10-5-12-8-13-6-10/h1-6,8,14-15H,7H2. The Balaban J connectivity index is 2.31. The van der Waals surface area contributed by atoms with Crippen molar-refractivity contribution in [3.8, 4) is 0 Å². The number of sulfonamides is 1. The van der Waals surface area contributed by atoms with Crippen molar-refractivity contribution >= 4 is 15.7 Å². The molecule has 0 spiro atoms. The lowest BCUT2D eigenvalue weighted by atomic mass is 10.2. The van der Waals surface area contributed by atoms with Gasteiger partial charge in [-0.25, -0.2) is 18.4 Å². The normalized spacial score (nSPS) is 11.2. The molecule has 2 aromatic rings. The summed E-state index contributed by atoms with van der Waals surface area (Å²) in [6.45, 7) is -0.211. The van der Waals surface area contributed by atoms with Gasteiger partial charge in [0, 0.05) is 0 Å². The Kier molecular flexibility index (Phi) is 3.54. The van der Waals surface area contributed by atoms with Crippen LogP contribution in [-0.4, -0.2) is 23.5 Å². The number of benzene rings is 1. The van der Waals surface area contributed by atoms with Gasteiger partial charge >= 0.3 is 0 Å². The van der Waals surface area contributed by atoms with Gasteiger partial charge in [-0.05, 0) is 17.7 Å². The van der Waals surface area contributed by atoms with Gasteiger partial charge in [-0.1, -0.05) is 12.1 Å². The molecule has 0 amide bonds. The van der Waals surface area contributed by atoms with E-state index in [4.69, 9.17) is 5.11 Å². The number of rotatable bonds is 4. The van der Waals surface area contributed by atoms with Crippen LogP contribution in [0.15, 0.2) is 47.9 Å². The summed E-state index contributed by atoms with van der Waals surface area (Å²) in [5.74, 6) is 0. The van der Waals surface area contributed by atoms with Gasteiger partial charge in [0.15, 0.2) is 0 Å². The second kappa shape index (κ2) is 5.11. The van der Waals surface area contributed by atoms with Crippen molar-refractivity contribution in [1.29, 1.82) is 0 Å². The highest BCUT2D eigenvalue weighted by molar-refractivity contribution is 7.92. The molecule has 0 fully saturated rings. The van der Waals surface area contributed by atoms with Crippen LogP contribution in [-0.2, 0) is 16.6 Å². The van der Waals surface area contributed by atoms with E-state index in [2.05, 4.69) is 14.7 Å². The molecule has 0 aliphatic rings. The number of nitrogens with zero attached hydrogens (tertiary/aromatic N) is 2. The third kappa shape index (κ3) is 2.82. The summed E-state index contributed by atoms with van der Waals surface area (Å²) in [7, 11) is -3.69. The average molecular weight is 265 g/mol. The molecule has 1 aromatic carbocycles. The molecule has 0 radical (unpaired) electrons. The number of aromatic nitrogens is 2. The van der Waals surface area contributed by atoms with E-state index in [1.807, 2.05) is 0 Å². The number of anilines is 1. The molecular weight excluding hydrogens is 254 g/mol. The van der Waals surface area contributed by atoms with E-state index in [1.165, 1.54) is 30.9 Å². The predicted molar refractivity (Wildman–Crippen MR) is 65.2 cm³/mol. The lowest BCUT2D eigenvalue weighted by molar-refractivity contribution is 0.281. The molecule has 0 atom stereocenters. The molecule has 0 aliphatic carbocycles. The number of hydrogen-bond donors (Lipinski definition) is 2. The van der Waals surface area contributed by atoms with E-state index in [0.717, 1.165) is 0 Å². The van der Waals surface area contributed by atoms with Crippen LogP contribution in [0.1, 0.15) is 5.56 Å². The summed E-state index contributed by atoms with van der Waals surface area (Å²) >= 11 is 0. The molecule has 6 nitrogen and oxygen atoms in total. The maximum absolute atomic E-state index is 12.0. The molecule has 0 saturated heterocycles. The quantitative estimate of drug-likeness (QED) is 0.851. The lowest BCUT2D eigenvalue weighted by Crippen LogP contribution is -2.13. The molecule has 94 valence electrons. The largest absolute Gasteiger partial charge is 0.392 e. The van der Waals surface area contributed by atoms with Crippen molar-refractivity contribution in [1.82, 2.24) is 9.97 Å². The Morgan fingerprint density at radius 3 is 2.61 bits per heavy atom. The third-order valence-corrected chi connectivity index (χ3v) is 3.58. The zero-order valence-electron chi connectivity index (χ0n) is 9.31. The molecule has 7 heteroatoms. The summed E-state index contributed by atoms with van der Waals surface area (Å²) in [6.07, 6.45) is 4.03. The number of hydrogen-bond acceptors (Lipinski definition) is 5. The lowest BCUT2D eigenvalue weighted by Gasteiger charge is -2.07. The highest BCUT2D eigenvalue weighted by atomic mass is 32.2. The van der Waals surface area contributed by atoms with Crippen LogP contribution in [0.5, 0.6) is 0 Å². The van der Waals surface area contributed by atoms with Crippen molar-refractivity contribution in [2.75, 3.05) is 4.72 Å². The van der Waals surface area contributed by atoms with Crippen molar-refractivity contribution in [3.05, 3.63) is 48.5 Å². The maximum Gasteiger partial charge on any atom is 0.262 e. The van der Waals surface area contributed by atoms with Crippen LogP contribution in [0.25, 0.3) is 0 Å². The van der Waals surface area contributed by atoms with Gasteiger partial charge in [-0.15, -0.1) is 0 Å². The van der Waals surface area contributed by atoms with Crippen LogP contribution in [0.2, 0.25) is 0 Å². The van der Waals surface area contributed by atoms with Gasteiger partial charge in [-0.2, -0.15) is 0 Å². The first kappa shape index (κ1) is 12.5. The average Bonchev–Trinajstić information content (AvgIpc) is 2.39. The Morgan fingerprint density at radius 2 is 1.94 bits per heavy atom. The van der Waals surface area contributed by atoms with Crippen LogP contribution < -0.4 is 4.72 Å². The van der Waals surface area contributed by atoms with Gasteiger partial charge in [0.05, 0.1) is 29.6 Å².